The van der Waals surface area contributed by atoms with Gasteiger partial charge in [-0.2, -0.15) is 0 Å². The molecule has 0 radical (unpaired) electrons. The van der Waals surface area contributed by atoms with Crippen LogP contribution >= 0.6 is 23.2 Å². The number of nitrogens with one attached hydrogen (secondary N) is 2. The van der Waals surface area contributed by atoms with Crippen molar-refractivity contribution >= 4 is 46.4 Å². The Kier molecular flexibility index (Phi) is 8.96. The van der Waals surface area contributed by atoms with E-state index in [9.17, 15) is 9.59 Å². The SMILES string of the molecule is CCN(CC)CCNC(=O)c1cc(NC(=O)c2cc(Cl)cc(Cl)c2)ccc1N(C)C. The fourth-order valence-electron chi connectivity index (χ4n) is 3.04. The van der Waals surface area contributed by atoms with Crippen LogP contribution < -0.4 is 15.5 Å². The smallest absolute Gasteiger partial charge is 0.255 e. The van der Waals surface area contributed by atoms with Crippen LogP contribution in [0, 0.1) is 0 Å². The Labute approximate surface area is 188 Å². The van der Waals surface area contributed by atoms with Crippen molar-refractivity contribution in [3.63, 3.8) is 0 Å². The Hall–Kier alpha value is -2.28. The Bertz CT molecular complexity index is 878. The van der Waals surface area contributed by atoms with Crippen LogP contribution in [-0.4, -0.2) is 57.0 Å². The van der Waals surface area contributed by atoms with Gasteiger partial charge in [-0.3, -0.25) is 9.59 Å². The molecule has 0 atom stereocenters. The molecule has 0 aromatic heterocycles. The maximum Gasteiger partial charge on any atom is 0.255 e. The molecule has 0 spiro atoms. The summed E-state index contributed by atoms with van der Waals surface area (Å²) in [5, 5.41) is 6.53. The topological polar surface area (TPSA) is 64.7 Å². The van der Waals surface area contributed by atoms with E-state index in [1.807, 2.05) is 19.0 Å². The van der Waals surface area contributed by atoms with Gasteiger partial charge in [0.05, 0.1) is 5.56 Å². The minimum Gasteiger partial charge on any atom is -0.377 e. The summed E-state index contributed by atoms with van der Waals surface area (Å²) < 4.78 is 0. The van der Waals surface area contributed by atoms with E-state index in [-0.39, 0.29) is 11.8 Å². The van der Waals surface area contributed by atoms with Gasteiger partial charge in [0.1, 0.15) is 0 Å². The highest BCUT2D eigenvalue weighted by Gasteiger charge is 2.16. The second-order valence-corrected chi connectivity index (χ2v) is 7.89. The lowest BCUT2D eigenvalue weighted by Crippen LogP contribution is -2.35. The summed E-state index contributed by atoms with van der Waals surface area (Å²) in [6, 6.07) is 9.88. The zero-order chi connectivity index (χ0) is 22.3. The maximum absolute atomic E-state index is 12.8. The molecule has 0 aliphatic rings. The first-order valence-electron chi connectivity index (χ1n) is 9.84. The summed E-state index contributed by atoms with van der Waals surface area (Å²) in [5.74, 6) is -0.544. The number of hydrogen-bond donors (Lipinski definition) is 2. The normalized spacial score (nSPS) is 10.8. The summed E-state index contributed by atoms with van der Waals surface area (Å²) in [7, 11) is 3.74. The monoisotopic (exact) mass is 450 g/mol. The van der Waals surface area contributed by atoms with Gasteiger partial charge in [-0.25, -0.2) is 0 Å². The minimum absolute atomic E-state index is 0.187. The van der Waals surface area contributed by atoms with E-state index in [0.717, 1.165) is 25.3 Å². The zero-order valence-electron chi connectivity index (χ0n) is 17.8. The zero-order valence-corrected chi connectivity index (χ0v) is 19.3. The summed E-state index contributed by atoms with van der Waals surface area (Å²) in [4.78, 5) is 29.5. The number of halogens is 2. The molecule has 8 heteroatoms. The van der Waals surface area contributed by atoms with Crippen molar-refractivity contribution in [2.75, 3.05) is 50.5 Å². The lowest BCUT2D eigenvalue weighted by Gasteiger charge is -2.20. The number of carbonyl (C=O) groups excluding carboxylic acids is 2. The Morgan fingerprint density at radius 1 is 0.933 bits per heavy atom. The third kappa shape index (κ3) is 6.62. The van der Waals surface area contributed by atoms with Gasteiger partial charge < -0.3 is 20.4 Å². The van der Waals surface area contributed by atoms with Crippen molar-refractivity contribution in [3.05, 3.63) is 57.6 Å². The van der Waals surface area contributed by atoms with Gasteiger partial charge in [0, 0.05) is 54.2 Å². The summed E-state index contributed by atoms with van der Waals surface area (Å²) in [5.41, 5.74) is 2.10. The molecular formula is C22H28Cl2N4O2. The van der Waals surface area contributed by atoms with Crippen LogP contribution in [0.2, 0.25) is 10.0 Å². The maximum atomic E-state index is 12.8. The first kappa shape index (κ1) is 24.0. The molecule has 0 unspecified atom stereocenters. The van der Waals surface area contributed by atoms with Crippen LogP contribution in [0.5, 0.6) is 0 Å². The lowest BCUT2D eigenvalue weighted by atomic mass is 10.1. The van der Waals surface area contributed by atoms with Crippen LogP contribution in [0.25, 0.3) is 0 Å². The van der Waals surface area contributed by atoms with Gasteiger partial charge >= 0.3 is 0 Å². The molecule has 0 fully saturated rings. The molecule has 0 bridgehead atoms. The number of anilines is 2. The van der Waals surface area contributed by atoms with Gasteiger partial charge in [0.15, 0.2) is 0 Å². The number of amides is 2. The van der Waals surface area contributed by atoms with E-state index < -0.39 is 0 Å². The van der Waals surface area contributed by atoms with Crippen LogP contribution in [0.1, 0.15) is 34.6 Å². The molecular weight excluding hydrogens is 423 g/mol. The number of hydrogen-bond acceptors (Lipinski definition) is 4. The Morgan fingerprint density at radius 3 is 2.13 bits per heavy atom. The van der Waals surface area contributed by atoms with Crippen molar-refractivity contribution in [2.45, 2.75) is 13.8 Å². The Balaban J connectivity index is 2.18. The number of nitrogens with zero attached hydrogens (tertiary/aromatic N) is 2. The van der Waals surface area contributed by atoms with Gasteiger partial charge in [-0.15, -0.1) is 0 Å². The van der Waals surface area contributed by atoms with Crippen molar-refractivity contribution in [1.82, 2.24) is 10.2 Å². The van der Waals surface area contributed by atoms with E-state index in [2.05, 4.69) is 29.4 Å². The molecule has 2 rings (SSSR count). The molecule has 0 aliphatic carbocycles. The fraction of sp³-hybridized carbons (Fsp3) is 0.364. The number of rotatable bonds is 9. The highest BCUT2D eigenvalue weighted by atomic mass is 35.5. The van der Waals surface area contributed by atoms with Gasteiger partial charge in [-0.05, 0) is 49.5 Å². The van der Waals surface area contributed by atoms with E-state index in [0.29, 0.717) is 33.4 Å². The summed E-state index contributed by atoms with van der Waals surface area (Å²) >= 11 is 12.0. The standard InChI is InChI=1S/C22H28Cl2N4O2/c1-5-28(6-2)10-9-25-22(30)19-14-18(7-8-20(19)27(3)4)26-21(29)15-11-16(23)13-17(24)12-15/h7-8,11-14H,5-6,9-10H2,1-4H3,(H,25,30)(H,26,29). The van der Waals surface area contributed by atoms with Crippen molar-refractivity contribution < 1.29 is 9.59 Å². The van der Waals surface area contributed by atoms with Gasteiger partial charge in [0.25, 0.3) is 11.8 Å². The molecule has 0 saturated carbocycles. The van der Waals surface area contributed by atoms with Gasteiger partial charge in [0.2, 0.25) is 0 Å². The quantitative estimate of drug-likeness (QED) is 0.594. The number of carbonyl (C=O) groups is 2. The molecule has 2 amide bonds. The highest BCUT2D eigenvalue weighted by molar-refractivity contribution is 6.35. The molecule has 0 heterocycles. The van der Waals surface area contributed by atoms with E-state index in [1.54, 1.807) is 24.3 Å². The first-order valence-corrected chi connectivity index (χ1v) is 10.6. The van der Waals surface area contributed by atoms with E-state index in [4.69, 9.17) is 23.2 Å². The average molecular weight is 451 g/mol. The highest BCUT2D eigenvalue weighted by Crippen LogP contribution is 2.24. The molecule has 2 N–H and O–H groups in total. The van der Waals surface area contributed by atoms with Crippen LogP contribution in [0.3, 0.4) is 0 Å². The third-order valence-electron chi connectivity index (χ3n) is 4.71. The molecule has 6 nitrogen and oxygen atoms in total. The van der Waals surface area contributed by atoms with Crippen LogP contribution in [0.15, 0.2) is 36.4 Å². The van der Waals surface area contributed by atoms with Crippen LogP contribution in [0.4, 0.5) is 11.4 Å². The van der Waals surface area contributed by atoms with E-state index >= 15 is 0 Å². The second-order valence-electron chi connectivity index (χ2n) is 7.02. The van der Waals surface area contributed by atoms with E-state index in [1.165, 1.54) is 12.1 Å². The molecule has 0 aliphatic heterocycles. The first-order chi connectivity index (χ1) is 14.2. The predicted molar refractivity (Wildman–Crippen MR) is 125 cm³/mol. The number of likely N-dealkylation sites (N-methyl/N-ethyl adjacent to an activating group) is 1. The average Bonchev–Trinajstić information content (AvgIpc) is 2.70. The van der Waals surface area contributed by atoms with Crippen LogP contribution in [-0.2, 0) is 0 Å². The van der Waals surface area contributed by atoms with Crippen molar-refractivity contribution in [1.29, 1.82) is 0 Å². The molecule has 0 saturated heterocycles. The number of benzene rings is 2. The molecule has 162 valence electrons. The fourth-order valence-corrected chi connectivity index (χ4v) is 3.56. The van der Waals surface area contributed by atoms with Crippen molar-refractivity contribution in [2.24, 2.45) is 0 Å². The molecule has 2 aromatic rings. The van der Waals surface area contributed by atoms with Gasteiger partial charge in [-0.1, -0.05) is 37.0 Å². The lowest BCUT2D eigenvalue weighted by molar-refractivity contribution is 0.0948. The summed E-state index contributed by atoms with van der Waals surface area (Å²) in [6.07, 6.45) is 0. The molecule has 2 aromatic carbocycles. The largest absolute Gasteiger partial charge is 0.377 e. The predicted octanol–water partition coefficient (Wildman–Crippen LogP) is 4.38. The Morgan fingerprint density at radius 2 is 1.57 bits per heavy atom. The molecule has 30 heavy (non-hydrogen) atoms. The second kappa shape index (κ2) is 11.2. The summed E-state index contributed by atoms with van der Waals surface area (Å²) in [6.45, 7) is 7.38. The van der Waals surface area contributed by atoms with Crippen molar-refractivity contribution in [3.8, 4) is 0 Å². The third-order valence-corrected chi connectivity index (χ3v) is 5.15. The minimum atomic E-state index is -0.357.